The Balaban J connectivity index is 1.92. The van der Waals surface area contributed by atoms with Gasteiger partial charge in [-0.15, -0.1) is 0 Å². The van der Waals surface area contributed by atoms with Crippen LogP contribution in [0.15, 0.2) is 30.3 Å². The number of benzene rings is 1. The number of carbonyl (C=O) groups excluding carboxylic acids is 2. The summed E-state index contributed by atoms with van der Waals surface area (Å²) in [6, 6.07) is 6.57. The van der Waals surface area contributed by atoms with Gasteiger partial charge in [0.2, 0.25) is 5.91 Å². The summed E-state index contributed by atoms with van der Waals surface area (Å²) in [6.45, 7) is 1.67. The molecule has 0 saturated heterocycles. The van der Waals surface area contributed by atoms with Gasteiger partial charge < -0.3 is 15.4 Å². The van der Waals surface area contributed by atoms with Crippen LogP contribution in [-0.4, -0.2) is 35.1 Å². The van der Waals surface area contributed by atoms with Crippen LogP contribution in [0.5, 0.6) is 5.75 Å². The predicted octanol–water partition coefficient (Wildman–Crippen LogP) is 0.992. The Labute approximate surface area is 132 Å². The monoisotopic (exact) mass is 320 g/mol. The smallest absolute Gasteiger partial charge is 0.272 e. The maximum absolute atomic E-state index is 13.0. The summed E-state index contributed by atoms with van der Waals surface area (Å²) >= 11 is 0. The van der Waals surface area contributed by atoms with E-state index in [1.165, 1.54) is 31.3 Å². The Hall–Kier alpha value is -2.90. The molecule has 0 aliphatic carbocycles. The van der Waals surface area contributed by atoms with Crippen molar-refractivity contribution in [2.45, 2.75) is 19.6 Å². The molecule has 1 atom stereocenters. The van der Waals surface area contributed by atoms with Crippen LogP contribution in [0.1, 0.15) is 23.1 Å². The van der Waals surface area contributed by atoms with Crippen molar-refractivity contribution < 1.29 is 18.7 Å². The lowest BCUT2D eigenvalue weighted by Crippen LogP contribution is -2.43. The van der Waals surface area contributed by atoms with Crippen LogP contribution in [0.25, 0.3) is 0 Å². The van der Waals surface area contributed by atoms with Crippen LogP contribution in [0.2, 0.25) is 0 Å². The molecule has 23 heavy (non-hydrogen) atoms. The van der Waals surface area contributed by atoms with Gasteiger partial charge in [0.25, 0.3) is 5.91 Å². The molecule has 0 unspecified atom stereocenters. The van der Waals surface area contributed by atoms with Crippen molar-refractivity contribution in [3.8, 4) is 5.75 Å². The molecule has 8 heteroatoms. The SMILES string of the molecule is CNC(=O)[C@H](C)NC(=O)c1cc(COc2cccc(F)c2)[nH]n1. The second-order valence-electron chi connectivity index (χ2n) is 4.83. The number of halogens is 1. The van der Waals surface area contributed by atoms with Gasteiger partial charge >= 0.3 is 0 Å². The van der Waals surface area contributed by atoms with Crippen LogP contribution >= 0.6 is 0 Å². The molecule has 2 rings (SSSR count). The summed E-state index contributed by atoms with van der Waals surface area (Å²) in [4.78, 5) is 23.3. The van der Waals surface area contributed by atoms with E-state index in [2.05, 4.69) is 20.8 Å². The predicted molar refractivity (Wildman–Crippen MR) is 80.3 cm³/mol. The zero-order valence-corrected chi connectivity index (χ0v) is 12.7. The Kier molecular flexibility index (Phi) is 5.29. The van der Waals surface area contributed by atoms with Gasteiger partial charge in [0, 0.05) is 13.1 Å². The number of amides is 2. The molecule has 3 N–H and O–H groups in total. The second kappa shape index (κ2) is 7.39. The van der Waals surface area contributed by atoms with Crippen molar-refractivity contribution in [2.24, 2.45) is 0 Å². The van der Waals surface area contributed by atoms with Gasteiger partial charge in [0.15, 0.2) is 0 Å². The Bertz CT molecular complexity index is 702. The number of hydrogen-bond donors (Lipinski definition) is 3. The maximum atomic E-state index is 13.0. The molecule has 0 bridgehead atoms. The van der Waals surface area contributed by atoms with Gasteiger partial charge in [0.05, 0.1) is 5.69 Å². The normalized spacial score (nSPS) is 11.6. The minimum Gasteiger partial charge on any atom is -0.487 e. The molecular weight excluding hydrogens is 303 g/mol. The minimum absolute atomic E-state index is 0.106. The van der Waals surface area contributed by atoms with Crippen LogP contribution in [0.3, 0.4) is 0 Å². The van der Waals surface area contributed by atoms with Crippen LogP contribution < -0.4 is 15.4 Å². The number of rotatable bonds is 6. The van der Waals surface area contributed by atoms with Crippen molar-refractivity contribution >= 4 is 11.8 Å². The first kappa shape index (κ1) is 16.5. The molecule has 0 radical (unpaired) electrons. The molecule has 0 saturated carbocycles. The fourth-order valence-electron chi connectivity index (χ4n) is 1.82. The first-order valence-electron chi connectivity index (χ1n) is 6.94. The lowest BCUT2D eigenvalue weighted by molar-refractivity contribution is -0.122. The summed E-state index contributed by atoms with van der Waals surface area (Å²) in [5.74, 6) is -0.799. The average molecular weight is 320 g/mol. The minimum atomic E-state index is -0.670. The van der Waals surface area contributed by atoms with E-state index >= 15 is 0 Å². The Morgan fingerprint density at radius 2 is 2.17 bits per heavy atom. The zero-order chi connectivity index (χ0) is 16.8. The molecule has 1 aromatic carbocycles. The van der Waals surface area contributed by atoms with Gasteiger partial charge in [0.1, 0.15) is 29.9 Å². The highest BCUT2D eigenvalue weighted by Crippen LogP contribution is 2.13. The van der Waals surface area contributed by atoms with Gasteiger partial charge in [-0.05, 0) is 25.1 Å². The van der Waals surface area contributed by atoms with E-state index in [-0.39, 0.29) is 18.2 Å². The first-order chi connectivity index (χ1) is 11.0. The molecule has 122 valence electrons. The number of ether oxygens (including phenoxy) is 1. The van der Waals surface area contributed by atoms with Crippen molar-refractivity contribution in [3.63, 3.8) is 0 Å². The van der Waals surface area contributed by atoms with Crippen molar-refractivity contribution in [3.05, 3.63) is 47.5 Å². The highest BCUT2D eigenvalue weighted by Gasteiger charge is 2.17. The van der Waals surface area contributed by atoms with Crippen molar-refractivity contribution in [1.29, 1.82) is 0 Å². The largest absolute Gasteiger partial charge is 0.487 e. The van der Waals surface area contributed by atoms with E-state index < -0.39 is 17.8 Å². The number of aromatic nitrogens is 2. The topological polar surface area (TPSA) is 96.1 Å². The Morgan fingerprint density at radius 3 is 2.87 bits per heavy atom. The molecule has 2 amide bonds. The number of likely N-dealkylation sites (N-methyl/N-ethyl adjacent to an activating group) is 1. The molecule has 0 aliphatic heterocycles. The van der Waals surface area contributed by atoms with Crippen molar-refractivity contribution in [1.82, 2.24) is 20.8 Å². The molecule has 1 heterocycles. The fourth-order valence-corrected chi connectivity index (χ4v) is 1.82. The number of nitrogens with one attached hydrogen (secondary N) is 3. The number of H-pyrrole nitrogens is 1. The van der Waals surface area contributed by atoms with Gasteiger partial charge in [-0.1, -0.05) is 6.07 Å². The third-order valence-corrected chi connectivity index (χ3v) is 3.04. The average Bonchev–Trinajstić information content (AvgIpc) is 3.01. The third-order valence-electron chi connectivity index (χ3n) is 3.04. The molecule has 0 aliphatic rings. The summed E-state index contributed by atoms with van der Waals surface area (Å²) in [6.07, 6.45) is 0. The molecule has 2 aromatic rings. The molecule has 0 fully saturated rings. The molecular formula is C15H17FN4O3. The summed E-state index contributed by atoms with van der Waals surface area (Å²) in [5, 5.41) is 11.5. The molecule has 0 spiro atoms. The van der Waals surface area contributed by atoms with Crippen LogP contribution in [-0.2, 0) is 11.4 Å². The van der Waals surface area contributed by atoms with Gasteiger partial charge in [-0.25, -0.2) is 4.39 Å². The lowest BCUT2D eigenvalue weighted by atomic mass is 10.3. The van der Waals surface area contributed by atoms with Crippen LogP contribution in [0, 0.1) is 5.82 Å². The van der Waals surface area contributed by atoms with Gasteiger partial charge in [-0.2, -0.15) is 5.10 Å². The number of nitrogens with zero attached hydrogens (tertiary/aromatic N) is 1. The lowest BCUT2D eigenvalue weighted by Gasteiger charge is -2.10. The number of hydrogen-bond acceptors (Lipinski definition) is 4. The quantitative estimate of drug-likeness (QED) is 0.739. The van der Waals surface area contributed by atoms with E-state index in [0.29, 0.717) is 11.4 Å². The van der Waals surface area contributed by atoms with E-state index in [9.17, 15) is 14.0 Å². The highest BCUT2D eigenvalue weighted by molar-refractivity contribution is 5.95. The van der Waals surface area contributed by atoms with E-state index in [1.807, 2.05) is 0 Å². The zero-order valence-electron chi connectivity index (χ0n) is 12.7. The van der Waals surface area contributed by atoms with E-state index in [4.69, 9.17) is 4.74 Å². The third kappa shape index (κ3) is 4.53. The van der Waals surface area contributed by atoms with E-state index in [1.54, 1.807) is 13.0 Å². The highest BCUT2D eigenvalue weighted by atomic mass is 19.1. The molecule has 7 nitrogen and oxygen atoms in total. The maximum Gasteiger partial charge on any atom is 0.272 e. The van der Waals surface area contributed by atoms with Crippen LogP contribution in [0.4, 0.5) is 4.39 Å². The first-order valence-corrected chi connectivity index (χ1v) is 6.94. The van der Waals surface area contributed by atoms with Gasteiger partial charge in [-0.3, -0.25) is 14.7 Å². The summed E-state index contributed by atoms with van der Waals surface area (Å²) in [7, 11) is 1.49. The summed E-state index contributed by atoms with van der Waals surface area (Å²) < 4.78 is 18.4. The fraction of sp³-hybridized carbons (Fsp3) is 0.267. The molecule has 1 aromatic heterocycles. The summed E-state index contributed by atoms with van der Waals surface area (Å²) in [5.41, 5.74) is 0.686. The van der Waals surface area contributed by atoms with Crippen molar-refractivity contribution in [2.75, 3.05) is 7.05 Å². The van der Waals surface area contributed by atoms with E-state index in [0.717, 1.165) is 0 Å². The second-order valence-corrected chi connectivity index (χ2v) is 4.83. The number of aromatic amines is 1. The standard InChI is InChI=1S/C15H17FN4O3/c1-9(14(21)17-2)18-15(22)13-7-11(19-20-13)8-23-12-5-3-4-10(16)6-12/h3-7,9H,8H2,1-2H3,(H,17,21)(H,18,22)(H,19,20)/t9-/m0/s1. The number of carbonyl (C=O) groups is 2. The Morgan fingerprint density at radius 1 is 1.39 bits per heavy atom.